The third-order valence-electron chi connectivity index (χ3n) is 2.63. The molecule has 0 spiro atoms. The van der Waals surface area contributed by atoms with Crippen molar-refractivity contribution in [1.82, 2.24) is 9.78 Å². The van der Waals surface area contributed by atoms with Crippen LogP contribution in [0.1, 0.15) is 25.6 Å². The summed E-state index contributed by atoms with van der Waals surface area (Å²) >= 11 is 0. The molecule has 110 valence electrons. The van der Waals surface area contributed by atoms with Gasteiger partial charge in [-0.25, -0.2) is 4.68 Å². The lowest BCUT2D eigenvalue weighted by atomic mass is 10.3. The lowest BCUT2D eigenvalue weighted by Gasteiger charge is -2.27. The number of rotatable bonds is 5. The van der Waals surface area contributed by atoms with E-state index in [0.29, 0.717) is 5.69 Å². The maximum atomic E-state index is 12.6. The highest BCUT2D eigenvalue weighted by molar-refractivity contribution is 5.66. The summed E-state index contributed by atoms with van der Waals surface area (Å²) < 4.78 is 39.2. The number of alkyl halides is 3. The Labute approximate surface area is 109 Å². The van der Waals surface area contributed by atoms with Gasteiger partial charge in [0.15, 0.2) is 5.82 Å². The topological polar surface area (TPSA) is 67.3 Å². The third kappa shape index (κ3) is 3.76. The highest BCUT2D eigenvalue weighted by atomic mass is 19.4. The molecule has 3 N–H and O–H groups in total. The number of aliphatic hydroxyl groups excluding tert-OH is 1. The summed E-state index contributed by atoms with van der Waals surface area (Å²) in [5.41, 5.74) is 6.51. The van der Waals surface area contributed by atoms with Crippen LogP contribution in [0.2, 0.25) is 0 Å². The number of halogens is 3. The standard InChI is InChI=1S/C11H19F3N4O/c1-7(2)18-10(9(15)8(3)16-18)17(4-5-19)6-11(12,13)14/h7,19H,4-6,15H2,1-3H3. The van der Waals surface area contributed by atoms with E-state index in [1.165, 1.54) is 4.68 Å². The number of aryl methyl sites for hydroxylation is 1. The van der Waals surface area contributed by atoms with E-state index in [0.717, 1.165) is 4.90 Å². The minimum absolute atomic E-state index is 0.125. The van der Waals surface area contributed by atoms with Gasteiger partial charge in [-0.1, -0.05) is 0 Å². The van der Waals surface area contributed by atoms with Crippen LogP contribution in [0, 0.1) is 6.92 Å². The fraction of sp³-hybridized carbons (Fsp3) is 0.727. The molecule has 1 heterocycles. The van der Waals surface area contributed by atoms with Crippen molar-refractivity contribution in [2.45, 2.75) is 33.0 Å². The first kappa shape index (κ1) is 15.6. The summed E-state index contributed by atoms with van der Waals surface area (Å²) in [4.78, 5) is 1.01. The number of hydrogen-bond donors (Lipinski definition) is 2. The van der Waals surface area contributed by atoms with Gasteiger partial charge in [0, 0.05) is 12.6 Å². The lowest BCUT2D eigenvalue weighted by molar-refractivity contribution is -0.120. The summed E-state index contributed by atoms with van der Waals surface area (Å²) in [5, 5.41) is 13.1. The second-order valence-electron chi connectivity index (χ2n) is 4.62. The molecule has 19 heavy (non-hydrogen) atoms. The van der Waals surface area contributed by atoms with E-state index < -0.39 is 19.3 Å². The van der Waals surface area contributed by atoms with Crippen LogP contribution in [0.3, 0.4) is 0 Å². The van der Waals surface area contributed by atoms with Crippen LogP contribution in [0.4, 0.5) is 24.7 Å². The van der Waals surface area contributed by atoms with Gasteiger partial charge in [0.05, 0.1) is 18.0 Å². The molecular weight excluding hydrogens is 261 g/mol. The molecule has 0 fully saturated rings. The highest BCUT2D eigenvalue weighted by Crippen LogP contribution is 2.31. The summed E-state index contributed by atoms with van der Waals surface area (Å²) in [7, 11) is 0. The molecular formula is C11H19F3N4O. The van der Waals surface area contributed by atoms with Gasteiger partial charge < -0.3 is 15.7 Å². The molecule has 0 radical (unpaired) electrons. The Kier molecular flexibility index (Phi) is 4.67. The van der Waals surface area contributed by atoms with Crippen LogP contribution in [0.15, 0.2) is 0 Å². The SMILES string of the molecule is Cc1nn(C(C)C)c(N(CCO)CC(F)(F)F)c1N. The average molecular weight is 280 g/mol. The van der Waals surface area contributed by atoms with Crippen molar-refractivity contribution in [3.8, 4) is 0 Å². The van der Waals surface area contributed by atoms with Crippen molar-refractivity contribution in [3.63, 3.8) is 0 Å². The molecule has 5 nitrogen and oxygen atoms in total. The van der Waals surface area contributed by atoms with Crippen LogP contribution >= 0.6 is 0 Å². The van der Waals surface area contributed by atoms with Gasteiger partial charge in [-0.2, -0.15) is 18.3 Å². The van der Waals surface area contributed by atoms with Gasteiger partial charge in [-0.05, 0) is 20.8 Å². The zero-order valence-electron chi connectivity index (χ0n) is 11.2. The van der Waals surface area contributed by atoms with Crippen LogP contribution in [0.25, 0.3) is 0 Å². The molecule has 0 aliphatic heterocycles. The Morgan fingerprint density at radius 2 is 2.00 bits per heavy atom. The number of nitrogens with two attached hydrogens (primary N) is 1. The molecule has 0 aliphatic rings. The van der Waals surface area contributed by atoms with Crippen LogP contribution in [-0.2, 0) is 0 Å². The zero-order chi connectivity index (χ0) is 14.8. The predicted molar refractivity (Wildman–Crippen MR) is 67.1 cm³/mol. The molecule has 1 aromatic heterocycles. The number of hydrogen-bond acceptors (Lipinski definition) is 4. The van der Waals surface area contributed by atoms with E-state index in [-0.39, 0.29) is 24.1 Å². The molecule has 0 atom stereocenters. The Balaban J connectivity index is 3.21. The number of aromatic nitrogens is 2. The Bertz CT molecular complexity index is 428. The summed E-state index contributed by atoms with van der Waals surface area (Å²) in [6.07, 6.45) is -4.37. The normalized spacial score (nSPS) is 12.2. The fourth-order valence-electron chi connectivity index (χ4n) is 1.82. The van der Waals surface area contributed by atoms with Crippen molar-refractivity contribution in [2.24, 2.45) is 0 Å². The smallest absolute Gasteiger partial charge is 0.395 e. The Hall–Kier alpha value is -1.44. The first-order valence-corrected chi connectivity index (χ1v) is 5.94. The summed E-state index contributed by atoms with van der Waals surface area (Å²) in [6, 6.07) is -0.125. The Morgan fingerprint density at radius 1 is 1.42 bits per heavy atom. The van der Waals surface area contributed by atoms with Crippen molar-refractivity contribution < 1.29 is 18.3 Å². The van der Waals surface area contributed by atoms with Gasteiger partial charge in [0.25, 0.3) is 0 Å². The summed E-state index contributed by atoms with van der Waals surface area (Å²) in [6.45, 7) is 3.54. The largest absolute Gasteiger partial charge is 0.405 e. The molecule has 1 rings (SSSR count). The number of anilines is 2. The fourth-order valence-corrected chi connectivity index (χ4v) is 1.82. The average Bonchev–Trinajstić information content (AvgIpc) is 2.53. The highest BCUT2D eigenvalue weighted by Gasteiger charge is 2.33. The molecule has 1 aromatic rings. The molecule has 0 saturated carbocycles. The van der Waals surface area contributed by atoms with E-state index >= 15 is 0 Å². The minimum Gasteiger partial charge on any atom is -0.395 e. The second kappa shape index (κ2) is 5.68. The lowest BCUT2D eigenvalue weighted by Crippen LogP contribution is -2.38. The van der Waals surface area contributed by atoms with Crippen molar-refractivity contribution in [1.29, 1.82) is 0 Å². The van der Waals surface area contributed by atoms with E-state index in [1.54, 1.807) is 20.8 Å². The molecule has 0 amide bonds. The van der Waals surface area contributed by atoms with E-state index in [9.17, 15) is 13.2 Å². The first-order chi connectivity index (χ1) is 8.67. The van der Waals surface area contributed by atoms with Crippen molar-refractivity contribution in [3.05, 3.63) is 5.69 Å². The molecule has 8 heteroatoms. The third-order valence-corrected chi connectivity index (χ3v) is 2.63. The van der Waals surface area contributed by atoms with E-state index in [2.05, 4.69) is 5.10 Å². The number of aliphatic hydroxyl groups is 1. The summed E-state index contributed by atoms with van der Waals surface area (Å²) in [5.74, 6) is 0.207. The zero-order valence-corrected chi connectivity index (χ0v) is 11.2. The van der Waals surface area contributed by atoms with Crippen molar-refractivity contribution >= 4 is 11.5 Å². The maximum absolute atomic E-state index is 12.6. The van der Waals surface area contributed by atoms with E-state index in [1.807, 2.05) is 0 Å². The monoisotopic (exact) mass is 280 g/mol. The number of nitrogen functional groups attached to an aromatic ring is 1. The van der Waals surface area contributed by atoms with Gasteiger partial charge in [-0.15, -0.1) is 0 Å². The van der Waals surface area contributed by atoms with Gasteiger partial charge in [-0.3, -0.25) is 0 Å². The van der Waals surface area contributed by atoms with Gasteiger partial charge >= 0.3 is 6.18 Å². The van der Waals surface area contributed by atoms with E-state index in [4.69, 9.17) is 10.8 Å². The van der Waals surface area contributed by atoms with Gasteiger partial charge in [0.2, 0.25) is 0 Å². The molecule has 0 aliphatic carbocycles. The van der Waals surface area contributed by atoms with Crippen LogP contribution < -0.4 is 10.6 Å². The molecule has 0 aromatic carbocycles. The minimum atomic E-state index is -4.37. The number of nitrogens with zero attached hydrogens (tertiary/aromatic N) is 3. The predicted octanol–water partition coefficient (Wildman–Crippen LogP) is 1.72. The Morgan fingerprint density at radius 3 is 2.42 bits per heavy atom. The molecule has 0 bridgehead atoms. The maximum Gasteiger partial charge on any atom is 0.405 e. The quantitative estimate of drug-likeness (QED) is 0.861. The van der Waals surface area contributed by atoms with Crippen LogP contribution in [-0.4, -0.2) is 40.8 Å². The first-order valence-electron chi connectivity index (χ1n) is 5.94. The van der Waals surface area contributed by atoms with Crippen LogP contribution in [0.5, 0.6) is 0 Å². The van der Waals surface area contributed by atoms with Crippen molar-refractivity contribution in [2.75, 3.05) is 30.3 Å². The molecule has 0 unspecified atom stereocenters. The second-order valence-corrected chi connectivity index (χ2v) is 4.62. The molecule has 0 saturated heterocycles. The van der Waals surface area contributed by atoms with Gasteiger partial charge in [0.1, 0.15) is 6.54 Å².